The van der Waals surface area contributed by atoms with Crippen LogP contribution in [0.25, 0.3) is 11.1 Å². The Kier molecular flexibility index (Phi) is 6.87. The van der Waals surface area contributed by atoms with Gasteiger partial charge in [0.05, 0.1) is 17.8 Å². The van der Waals surface area contributed by atoms with Crippen LogP contribution in [-0.4, -0.2) is 29.4 Å². The molecule has 2 aromatic rings. The summed E-state index contributed by atoms with van der Waals surface area (Å²) in [6, 6.07) is 5.01. The van der Waals surface area contributed by atoms with Crippen molar-refractivity contribution in [2.45, 2.75) is 13.0 Å². The van der Waals surface area contributed by atoms with Crippen LogP contribution in [0, 0.1) is 0 Å². The lowest BCUT2D eigenvalue weighted by Crippen LogP contribution is -2.09. The zero-order chi connectivity index (χ0) is 14.5. The summed E-state index contributed by atoms with van der Waals surface area (Å²) >= 11 is 5.91. The molecule has 0 atom stereocenters. The van der Waals surface area contributed by atoms with Gasteiger partial charge in [0.25, 0.3) is 6.43 Å². The van der Waals surface area contributed by atoms with Crippen LogP contribution < -0.4 is 10.5 Å². The molecule has 0 amide bonds. The smallest absolute Gasteiger partial charge is 0.272 e. The highest BCUT2D eigenvalue weighted by atomic mass is 35.5. The molecule has 1 aromatic heterocycles. The molecule has 116 valence electrons. The van der Waals surface area contributed by atoms with Crippen molar-refractivity contribution in [3.63, 3.8) is 0 Å². The van der Waals surface area contributed by atoms with Crippen molar-refractivity contribution in [1.82, 2.24) is 9.78 Å². The summed E-state index contributed by atoms with van der Waals surface area (Å²) in [4.78, 5) is 0. The Balaban J connectivity index is 0.00000220. The number of hydrogen-bond donors (Lipinski definition) is 1. The molecule has 4 nitrogen and oxygen atoms in total. The van der Waals surface area contributed by atoms with E-state index in [1.54, 1.807) is 29.1 Å². The van der Waals surface area contributed by atoms with Crippen molar-refractivity contribution < 1.29 is 13.5 Å². The molecule has 2 N–H and O–H groups in total. The molecule has 2 rings (SSSR count). The number of halogens is 4. The zero-order valence-corrected chi connectivity index (χ0v) is 12.6. The van der Waals surface area contributed by atoms with Gasteiger partial charge in [-0.15, -0.1) is 12.4 Å². The third kappa shape index (κ3) is 4.84. The summed E-state index contributed by atoms with van der Waals surface area (Å²) in [6.07, 6.45) is 0.963. The molecule has 0 fully saturated rings. The van der Waals surface area contributed by atoms with Crippen LogP contribution in [0.4, 0.5) is 8.78 Å². The third-order valence-electron chi connectivity index (χ3n) is 2.62. The molecule has 0 radical (unpaired) electrons. The van der Waals surface area contributed by atoms with Gasteiger partial charge in [0, 0.05) is 18.3 Å². The maximum atomic E-state index is 12.2. The summed E-state index contributed by atoms with van der Waals surface area (Å²) in [6.45, 7) is 0.419. The van der Waals surface area contributed by atoms with E-state index in [1.807, 2.05) is 6.20 Å². The second kappa shape index (κ2) is 8.17. The lowest BCUT2D eigenvalue weighted by atomic mass is 10.1. The Hall–Kier alpha value is -1.37. The summed E-state index contributed by atoms with van der Waals surface area (Å²) in [7, 11) is 0. The highest BCUT2D eigenvalue weighted by molar-refractivity contribution is 6.32. The molecule has 1 heterocycles. The van der Waals surface area contributed by atoms with Gasteiger partial charge in [0.15, 0.2) is 0 Å². The summed E-state index contributed by atoms with van der Waals surface area (Å²) in [5.41, 5.74) is 7.09. The minimum Gasteiger partial charge on any atom is -0.486 e. The average molecular weight is 338 g/mol. The van der Waals surface area contributed by atoms with Crippen LogP contribution in [0.2, 0.25) is 5.02 Å². The second-order valence-corrected chi connectivity index (χ2v) is 4.54. The lowest BCUT2D eigenvalue weighted by molar-refractivity contribution is 0.0820. The molecule has 0 aliphatic rings. The normalized spacial score (nSPS) is 10.5. The van der Waals surface area contributed by atoms with Crippen LogP contribution in [0.1, 0.15) is 0 Å². The molecule has 0 spiro atoms. The minimum absolute atomic E-state index is 0. The van der Waals surface area contributed by atoms with Crippen LogP contribution in [0.5, 0.6) is 5.75 Å². The summed E-state index contributed by atoms with van der Waals surface area (Å²) in [5, 5.41) is 4.45. The molecule has 0 unspecified atom stereocenters. The fraction of sp³-hybridized carbons (Fsp3) is 0.308. The van der Waals surface area contributed by atoms with Gasteiger partial charge in [0.1, 0.15) is 12.4 Å². The monoisotopic (exact) mass is 337 g/mol. The van der Waals surface area contributed by atoms with E-state index in [0.717, 1.165) is 11.1 Å². The largest absolute Gasteiger partial charge is 0.486 e. The van der Waals surface area contributed by atoms with Crippen molar-refractivity contribution in [1.29, 1.82) is 0 Å². The molecular formula is C13H15Cl2F2N3O. The Morgan fingerprint density at radius 3 is 2.76 bits per heavy atom. The lowest BCUT2D eigenvalue weighted by Gasteiger charge is -2.08. The Bertz CT molecular complexity index is 578. The van der Waals surface area contributed by atoms with Crippen LogP contribution in [-0.2, 0) is 6.54 Å². The quantitative estimate of drug-likeness (QED) is 0.880. The number of nitrogens with two attached hydrogens (primary N) is 1. The SMILES string of the molecule is Cl.NCCn1cc(-c2ccc(Cl)c(OCC(F)F)c2)cn1. The molecular weight excluding hydrogens is 323 g/mol. The van der Waals surface area contributed by atoms with Crippen LogP contribution in [0.3, 0.4) is 0 Å². The van der Waals surface area contributed by atoms with E-state index in [2.05, 4.69) is 5.10 Å². The first kappa shape index (κ1) is 17.7. The van der Waals surface area contributed by atoms with Gasteiger partial charge in [-0.3, -0.25) is 4.68 Å². The maximum absolute atomic E-state index is 12.2. The van der Waals surface area contributed by atoms with Crippen molar-refractivity contribution in [3.05, 3.63) is 35.6 Å². The summed E-state index contributed by atoms with van der Waals surface area (Å²) < 4.78 is 31.0. The predicted molar refractivity (Wildman–Crippen MR) is 80.5 cm³/mol. The molecule has 0 saturated carbocycles. The number of rotatable bonds is 6. The van der Waals surface area contributed by atoms with Gasteiger partial charge in [-0.1, -0.05) is 17.7 Å². The van der Waals surface area contributed by atoms with Gasteiger partial charge in [0.2, 0.25) is 0 Å². The van der Waals surface area contributed by atoms with Gasteiger partial charge in [-0.25, -0.2) is 8.78 Å². The third-order valence-corrected chi connectivity index (χ3v) is 2.93. The Labute approximate surface area is 132 Å². The van der Waals surface area contributed by atoms with Gasteiger partial charge in [-0.05, 0) is 17.7 Å². The first-order valence-electron chi connectivity index (χ1n) is 6.03. The maximum Gasteiger partial charge on any atom is 0.272 e. The van der Waals surface area contributed by atoms with E-state index in [4.69, 9.17) is 22.1 Å². The molecule has 1 aromatic carbocycles. The average Bonchev–Trinajstić information content (AvgIpc) is 2.87. The molecule has 0 bridgehead atoms. The van der Waals surface area contributed by atoms with Gasteiger partial charge < -0.3 is 10.5 Å². The number of alkyl halides is 2. The number of aromatic nitrogens is 2. The highest BCUT2D eigenvalue weighted by Crippen LogP contribution is 2.30. The van der Waals surface area contributed by atoms with E-state index in [-0.39, 0.29) is 18.2 Å². The van der Waals surface area contributed by atoms with Gasteiger partial charge in [-0.2, -0.15) is 5.10 Å². The Morgan fingerprint density at radius 2 is 2.10 bits per heavy atom. The van der Waals surface area contributed by atoms with E-state index in [1.165, 1.54) is 0 Å². The Morgan fingerprint density at radius 1 is 1.33 bits per heavy atom. The van der Waals surface area contributed by atoms with E-state index in [9.17, 15) is 8.78 Å². The number of nitrogens with zero attached hydrogens (tertiary/aromatic N) is 2. The van der Waals surface area contributed by atoms with Gasteiger partial charge >= 0.3 is 0 Å². The topological polar surface area (TPSA) is 53.1 Å². The van der Waals surface area contributed by atoms with E-state index in [0.29, 0.717) is 18.1 Å². The van der Waals surface area contributed by atoms with E-state index >= 15 is 0 Å². The molecule has 8 heteroatoms. The van der Waals surface area contributed by atoms with E-state index < -0.39 is 13.0 Å². The highest BCUT2D eigenvalue weighted by Gasteiger charge is 2.09. The zero-order valence-electron chi connectivity index (χ0n) is 11.0. The number of hydrogen-bond acceptors (Lipinski definition) is 3. The van der Waals surface area contributed by atoms with Crippen molar-refractivity contribution in [2.24, 2.45) is 5.73 Å². The number of benzene rings is 1. The molecule has 0 aliphatic heterocycles. The first-order valence-corrected chi connectivity index (χ1v) is 6.41. The standard InChI is InChI=1S/C13H14ClF2N3O.ClH/c14-11-2-1-9(5-12(11)20-8-13(15)16)10-6-18-19(7-10)4-3-17;/h1-2,5-7,13H,3-4,8,17H2;1H. The summed E-state index contributed by atoms with van der Waals surface area (Å²) in [5.74, 6) is 0.232. The fourth-order valence-electron chi connectivity index (χ4n) is 1.71. The predicted octanol–water partition coefficient (Wildman–Crippen LogP) is 3.23. The van der Waals surface area contributed by atoms with Crippen LogP contribution in [0.15, 0.2) is 30.6 Å². The molecule has 21 heavy (non-hydrogen) atoms. The first-order chi connectivity index (χ1) is 9.60. The minimum atomic E-state index is -2.54. The molecule has 0 saturated heterocycles. The fourth-order valence-corrected chi connectivity index (χ4v) is 1.89. The van der Waals surface area contributed by atoms with Crippen molar-refractivity contribution >= 4 is 24.0 Å². The number of ether oxygens (including phenoxy) is 1. The molecule has 0 aliphatic carbocycles. The van der Waals surface area contributed by atoms with Crippen LogP contribution >= 0.6 is 24.0 Å². The second-order valence-electron chi connectivity index (χ2n) is 4.13. The van der Waals surface area contributed by atoms with Crippen molar-refractivity contribution in [3.8, 4) is 16.9 Å². The van der Waals surface area contributed by atoms with Crippen molar-refractivity contribution in [2.75, 3.05) is 13.2 Å².